The van der Waals surface area contributed by atoms with Crippen molar-refractivity contribution in [2.45, 2.75) is 38.3 Å². The van der Waals surface area contributed by atoms with Crippen molar-refractivity contribution in [3.8, 4) is 5.75 Å². The number of ether oxygens (including phenoxy) is 1. The van der Waals surface area contributed by atoms with Crippen LogP contribution in [0.1, 0.15) is 30.4 Å². The van der Waals surface area contributed by atoms with Gasteiger partial charge in [0.15, 0.2) is 6.61 Å². The summed E-state index contributed by atoms with van der Waals surface area (Å²) < 4.78 is 5.54. The van der Waals surface area contributed by atoms with Crippen LogP contribution in [0.3, 0.4) is 0 Å². The van der Waals surface area contributed by atoms with E-state index in [-0.39, 0.29) is 29.4 Å². The number of rotatable bonds is 7. The molecule has 2 amide bonds. The minimum Gasteiger partial charge on any atom is -0.484 e. The molecule has 0 aromatic heterocycles. The minimum atomic E-state index is -0.347. The molecule has 3 aliphatic carbocycles. The summed E-state index contributed by atoms with van der Waals surface area (Å²) >= 11 is 12.0. The quantitative estimate of drug-likeness (QED) is 0.693. The molecule has 0 unspecified atom stereocenters. The van der Waals surface area contributed by atoms with Gasteiger partial charge >= 0.3 is 0 Å². The topological polar surface area (TPSA) is 67.4 Å². The highest BCUT2D eigenvalue weighted by molar-refractivity contribution is 6.31. The maximum Gasteiger partial charge on any atom is 0.258 e. The molecule has 0 atom stereocenters. The van der Waals surface area contributed by atoms with Crippen molar-refractivity contribution in [3.05, 3.63) is 63.6 Å². The summed E-state index contributed by atoms with van der Waals surface area (Å²) in [5.41, 5.74) is 1.26. The Morgan fingerprint density at radius 1 is 1.10 bits per heavy atom. The van der Waals surface area contributed by atoms with Crippen LogP contribution in [0.4, 0.5) is 0 Å². The minimum absolute atomic E-state index is 0.0430. The fourth-order valence-corrected chi connectivity index (χ4v) is 4.70. The Bertz CT molecular complexity index is 957. The first-order chi connectivity index (χ1) is 13.8. The van der Waals surface area contributed by atoms with Gasteiger partial charge in [-0.25, -0.2) is 0 Å². The standard InChI is InChI=1S/C22H22Cl2N2O3/c1-14-7-17(5-6-18(14)24)29-10-19(27)26-22-11-21(12-22,13-22)20(28)25-9-15-3-2-4-16(23)8-15/h2-8H,9-13H2,1H3,(H,25,28)(H,26,27). The molecule has 2 bridgehead atoms. The molecule has 5 nitrogen and oxygen atoms in total. The van der Waals surface area contributed by atoms with Crippen molar-refractivity contribution >= 4 is 35.0 Å². The lowest BCUT2D eigenvalue weighted by Crippen LogP contribution is -2.78. The van der Waals surface area contributed by atoms with Gasteiger partial charge in [-0.2, -0.15) is 0 Å². The van der Waals surface area contributed by atoms with Crippen LogP contribution in [0.5, 0.6) is 5.75 Å². The zero-order valence-electron chi connectivity index (χ0n) is 16.1. The van der Waals surface area contributed by atoms with Gasteiger partial charge in [0.1, 0.15) is 5.75 Å². The smallest absolute Gasteiger partial charge is 0.258 e. The number of amides is 2. The lowest BCUT2D eigenvalue weighted by molar-refractivity contribution is -0.184. The van der Waals surface area contributed by atoms with Crippen LogP contribution < -0.4 is 15.4 Å². The molecule has 3 saturated carbocycles. The largest absolute Gasteiger partial charge is 0.484 e. The average molecular weight is 433 g/mol. The first kappa shape index (κ1) is 20.0. The molecule has 152 valence electrons. The number of carbonyl (C=O) groups excluding carboxylic acids is 2. The predicted octanol–water partition coefficient (Wildman–Crippen LogP) is 4.04. The number of aryl methyl sites for hydroxylation is 1. The highest BCUT2D eigenvalue weighted by atomic mass is 35.5. The molecule has 5 rings (SSSR count). The second kappa shape index (κ2) is 7.54. The van der Waals surface area contributed by atoms with E-state index in [4.69, 9.17) is 27.9 Å². The van der Waals surface area contributed by atoms with Crippen LogP contribution >= 0.6 is 23.2 Å². The lowest BCUT2D eigenvalue weighted by atomic mass is 9.39. The number of nitrogens with one attached hydrogen (secondary N) is 2. The monoisotopic (exact) mass is 432 g/mol. The van der Waals surface area contributed by atoms with Gasteiger partial charge < -0.3 is 15.4 Å². The Morgan fingerprint density at radius 2 is 1.86 bits per heavy atom. The molecule has 0 heterocycles. The van der Waals surface area contributed by atoms with E-state index in [1.807, 2.05) is 25.1 Å². The molecule has 2 aromatic rings. The maximum absolute atomic E-state index is 12.5. The van der Waals surface area contributed by atoms with Crippen LogP contribution in [0.15, 0.2) is 42.5 Å². The zero-order chi connectivity index (χ0) is 20.6. The highest BCUT2D eigenvalue weighted by Crippen LogP contribution is 2.67. The van der Waals surface area contributed by atoms with Crippen molar-refractivity contribution in [2.75, 3.05) is 6.61 Å². The number of hydrogen-bond acceptors (Lipinski definition) is 3. The van der Waals surface area contributed by atoms with E-state index in [9.17, 15) is 9.59 Å². The van der Waals surface area contributed by atoms with E-state index in [1.54, 1.807) is 24.3 Å². The van der Waals surface area contributed by atoms with E-state index >= 15 is 0 Å². The lowest BCUT2D eigenvalue weighted by Gasteiger charge is -2.69. The molecule has 29 heavy (non-hydrogen) atoms. The average Bonchev–Trinajstić information content (AvgIpc) is 2.62. The third-order valence-corrected chi connectivity index (χ3v) is 6.42. The molecule has 2 aromatic carbocycles. The Morgan fingerprint density at radius 3 is 2.55 bits per heavy atom. The van der Waals surface area contributed by atoms with Crippen LogP contribution in [-0.4, -0.2) is 24.0 Å². The Hall–Kier alpha value is -2.24. The number of benzene rings is 2. The zero-order valence-corrected chi connectivity index (χ0v) is 17.6. The second-order valence-electron chi connectivity index (χ2n) is 8.15. The molecule has 0 saturated heterocycles. The van der Waals surface area contributed by atoms with Gasteiger partial charge in [0, 0.05) is 22.1 Å². The van der Waals surface area contributed by atoms with Gasteiger partial charge in [-0.1, -0.05) is 35.3 Å². The van der Waals surface area contributed by atoms with Gasteiger partial charge in [-0.3, -0.25) is 9.59 Å². The van der Waals surface area contributed by atoms with Crippen LogP contribution in [0.25, 0.3) is 0 Å². The first-order valence-corrected chi connectivity index (χ1v) is 10.3. The molecule has 3 fully saturated rings. The summed E-state index contributed by atoms with van der Waals surface area (Å²) in [6, 6.07) is 12.7. The van der Waals surface area contributed by atoms with Gasteiger partial charge in [-0.15, -0.1) is 0 Å². The maximum atomic E-state index is 12.5. The summed E-state index contributed by atoms with van der Waals surface area (Å²) in [6.45, 7) is 2.28. The number of carbonyl (C=O) groups is 2. The summed E-state index contributed by atoms with van der Waals surface area (Å²) in [5, 5.41) is 7.33. The van der Waals surface area contributed by atoms with E-state index < -0.39 is 0 Å². The second-order valence-corrected chi connectivity index (χ2v) is 9.00. The van der Waals surface area contributed by atoms with Crippen LogP contribution in [-0.2, 0) is 16.1 Å². The third-order valence-electron chi connectivity index (χ3n) is 5.76. The van der Waals surface area contributed by atoms with Gasteiger partial charge in [0.05, 0.1) is 5.41 Å². The molecule has 0 spiro atoms. The summed E-state index contributed by atoms with van der Waals surface area (Å²) in [6.07, 6.45) is 2.02. The molecule has 0 radical (unpaired) electrons. The van der Waals surface area contributed by atoms with Crippen molar-refractivity contribution in [1.29, 1.82) is 0 Å². The summed E-state index contributed by atoms with van der Waals surface area (Å²) in [7, 11) is 0. The molecule has 0 aliphatic heterocycles. The SMILES string of the molecule is Cc1cc(OCC(=O)NC23CC(C(=O)NCc4cccc(Cl)c4)(C2)C3)ccc1Cl. The third kappa shape index (κ3) is 4.07. The van der Waals surface area contributed by atoms with Crippen molar-refractivity contribution < 1.29 is 14.3 Å². The van der Waals surface area contributed by atoms with E-state index in [1.165, 1.54) is 0 Å². The highest BCUT2D eigenvalue weighted by Gasteiger charge is 2.72. The molecule has 3 aliphatic rings. The summed E-state index contributed by atoms with van der Waals surface area (Å²) in [4.78, 5) is 24.8. The van der Waals surface area contributed by atoms with E-state index in [2.05, 4.69) is 10.6 Å². The van der Waals surface area contributed by atoms with E-state index in [0.717, 1.165) is 11.1 Å². The van der Waals surface area contributed by atoms with Crippen molar-refractivity contribution in [3.63, 3.8) is 0 Å². The van der Waals surface area contributed by atoms with Crippen molar-refractivity contribution in [1.82, 2.24) is 10.6 Å². The number of halogens is 2. The Labute approximate surface area is 179 Å². The van der Waals surface area contributed by atoms with Crippen molar-refractivity contribution in [2.24, 2.45) is 5.41 Å². The van der Waals surface area contributed by atoms with Gasteiger partial charge in [0.2, 0.25) is 5.91 Å². The summed E-state index contributed by atoms with van der Waals surface area (Å²) in [5.74, 6) is 0.475. The normalized spacial score (nSPS) is 24.1. The molecular weight excluding hydrogens is 411 g/mol. The molecule has 7 heteroatoms. The fourth-order valence-electron chi connectivity index (χ4n) is 4.37. The van der Waals surface area contributed by atoms with Crippen LogP contribution in [0, 0.1) is 12.3 Å². The molecular formula is C22H22Cl2N2O3. The predicted molar refractivity (Wildman–Crippen MR) is 112 cm³/mol. The molecule has 2 N–H and O–H groups in total. The van der Waals surface area contributed by atoms with Crippen LogP contribution in [0.2, 0.25) is 10.0 Å². The first-order valence-electron chi connectivity index (χ1n) is 9.52. The van der Waals surface area contributed by atoms with Gasteiger partial charge in [0.25, 0.3) is 5.91 Å². The number of hydrogen-bond donors (Lipinski definition) is 2. The fraction of sp³-hybridized carbons (Fsp3) is 0.364. The van der Waals surface area contributed by atoms with E-state index in [0.29, 0.717) is 41.6 Å². The van der Waals surface area contributed by atoms with Gasteiger partial charge in [-0.05, 0) is 67.6 Å². The Kier molecular flexibility index (Phi) is 5.21. The Balaban J connectivity index is 1.21.